The van der Waals surface area contributed by atoms with Crippen LogP contribution in [0.3, 0.4) is 0 Å². The fourth-order valence-electron chi connectivity index (χ4n) is 0.241. The first-order valence-corrected chi connectivity index (χ1v) is 3.07. The Balaban J connectivity index is 0. The third-order valence-corrected chi connectivity index (χ3v) is 0.408. The van der Waals surface area contributed by atoms with Crippen LogP contribution in [0.1, 0.15) is 27.7 Å². The molecule has 0 radical (unpaired) electrons. The van der Waals surface area contributed by atoms with Crippen molar-refractivity contribution in [2.45, 2.75) is 34.0 Å². The zero-order chi connectivity index (χ0) is 6.99. The Hall–Kier alpha value is -0.0800. The predicted octanol–water partition coefficient (Wildman–Crippen LogP) is 1.39. The highest BCUT2D eigenvalue weighted by Gasteiger charge is 1.85. The Bertz CT molecular complexity index is 27.7. The number of aliphatic hydroxyl groups is 1. The number of aliphatic hydroxyl groups excluding tert-OH is 1. The molecule has 1 unspecified atom stereocenters. The van der Waals surface area contributed by atoms with Gasteiger partial charge in [-0.25, -0.2) is 0 Å². The van der Waals surface area contributed by atoms with Gasteiger partial charge in [-0.1, -0.05) is 13.8 Å². The molecule has 0 saturated carbocycles. The second kappa shape index (κ2) is 10.0. The van der Waals surface area contributed by atoms with Crippen LogP contribution in [0.15, 0.2) is 0 Å². The van der Waals surface area contributed by atoms with E-state index in [1.165, 1.54) is 0 Å². The molecule has 0 aliphatic rings. The third kappa shape index (κ3) is 16.8. The van der Waals surface area contributed by atoms with Gasteiger partial charge >= 0.3 is 0 Å². The van der Waals surface area contributed by atoms with Gasteiger partial charge in [-0.05, 0) is 13.8 Å². The van der Waals surface area contributed by atoms with E-state index in [1.807, 2.05) is 20.8 Å². The van der Waals surface area contributed by atoms with Gasteiger partial charge in [0, 0.05) is 6.61 Å². The first-order chi connectivity index (χ1) is 3.77. The molecule has 0 heterocycles. The maximum Gasteiger partial charge on any atom is 0.151 e. The molecule has 2 heteroatoms. The van der Waals surface area contributed by atoms with Gasteiger partial charge in [0.05, 0.1) is 0 Å². The fourth-order valence-corrected chi connectivity index (χ4v) is 0.241. The smallest absolute Gasteiger partial charge is 0.151 e. The maximum absolute atomic E-state index is 8.33. The van der Waals surface area contributed by atoms with E-state index in [-0.39, 0.29) is 0 Å². The highest BCUT2D eigenvalue weighted by molar-refractivity contribution is 4.17. The van der Waals surface area contributed by atoms with E-state index in [4.69, 9.17) is 5.11 Å². The number of ether oxygens (including phenoxy) is 1. The Morgan fingerprint density at radius 3 is 1.88 bits per heavy atom. The van der Waals surface area contributed by atoms with Crippen molar-refractivity contribution < 1.29 is 9.84 Å². The molecule has 0 aromatic carbocycles. The van der Waals surface area contributed by atoms with Crippen molar-refractivity contribution in [3.05, 3.63) is 0 Å². The number of hydrogen-bond donors (Lipinski definition) is 1. The molecule has 0 aliphatic heterocycles. The summed E-state index contributed by atoms with van der Waals surface area (Å²) in [6, 6.07) is 0. The van der Waals surface area contributed by atoms with Gasteiger partial charge in [0.1, 0.15) is 0 Å². The summed E-state index contributed by atoms with van der Waals surface area (Å²) in [4.78, 5) is 0. The summed E-state index contributed by atoms with van der Waals surface area (Å²) in [5, 5.41) is 8.33. The van der Waals surface area contributed by atoms with E-state index in [1.54, 1.807) is 6.92 Å². The molecule has 0 rings (SSSR count). The second-order valence-electron chi connectivity index (χ2n) is 1.05. The zero-order valence-corrected chi connectivity index (χ0v) is 6.14. The molecule has 0 aliphatic carbocycles. The summed E-state index contributed by atoms with van der Waals surface area (Å²) in [5.41, 5.74) is 0. The van der Waals surface area contributed by atoms with Gasteiger partial charge in [-0.3, -0.25) is 0 Å². The molecule has 0 aromatic heterocycles. The summed E-state index contributed by atoms with van der Waals surface area (Å²) in [7, 11) is 0. The van der Waals surface area contributed by atoms with Crippen LogP contribution < -0.4 is 0 Å². The molecule has 8 heavy (non-hydrogen) atoms. The first-order valence-electron chi connectivity index (χ1n) is 3.07. The summed E-state index contributed by atoms with van der Waals surface area (Å²) in [6.07, 6.45) is -0.602. The van der Waals surface area contributed by atoms with Crippen molar-refractivity contribution in [2.24, 2.45) is 0 Å². The van der Waals surface area contributed by atoms with Crippen LogP contribution in [0.5, 0.6) is 0 Å². The molecular formula is C6H16O2. The van der Waals surface area contributed by atoms with Crippen molar-refractivity contribution in [1.29, 1.82) is 0 Å². The minimum atomic E-state index is -0.602. The van der Waals surface area contributed by atoms with Crippen LogP contribution >= 0.6 is 0 Å². The van der Waals surface area contributed by atoms with Crippen molar-refractivity contribution >= 4 is 0 Å². The van der Waals surface area contributed by atoms with Crippen molar-refractivity contribution in [3.63, 3.8) is 0 Å². The molecule has 0 bridgehead atoms. The molecule has 2 nitrogen and oxygen atoms in total. The summed E-state index contributed by atoms with van der Waals surface area (Å²) >= 11 is 0. The van der Waals surface area contributed by atoms with Crippen LogP contribution in [0.2, 0.25) is 0 Å². The Kier molecular flexibility index (Phi) is 13.6. The normalized spacial score (nSPS) is 11.6. The molecule has 0 fully saturated rings. The summed E-state index contributed by atoms with van der Waals surface area (Å²) in [6.45, 7) is 8.01. The highest BCUT2D eigenvalue weighted by atomic mass is 16.6. The lowest BCUT2D eigenvalue weighted by atomic mass is 10.7. The minimum absolute atomic E-state index is 0.581. The van der Waals surface area contributed by atoms with Gasteiger partial charge < -0.3 is 9.84 Å². The van der Waals surface area contributed by atoms with Crippen LogP contribution in [-0.2, 0) is 4.74 Å². The van der Waals surface area contributed by atoms with Crippen LogP contribution in [-0.4, -0.2) is 18.0 Å². The minimum Gasteiger partial charge on any atom is -0.368 e. The van der Waals surface area contributed by atoms with Gasteiger partial charge in [-0.2, -0.15) is 0 Å². The average molecular weight is 120 g/mol. The molecule has 52 valence electrons. The SMILES string of the molecule is CC.CCOC(C)O. The van der Waals surface area contributed by atoms with Crippen molar-refractivity contribution in [3.8, 4) is 0 Å². The fraction of sp³-hybridized carbons (Fsp3) is 1.00. The molecule has 0 spiro atoms. The monoisotopic (exact) mass is 120 g/mol. The van der Waals surface area contributed by atoms with E-state index in [0.29, 0.717) is 6.61 Å². The van der Waals surface area contributed by atoms with Crippen molar-refractivity contribution in [2.75, 3.05) is 6.61 Å². The van der Waals surface area contributed by atoms with Gasteiger partial charge in [0.15, 0.2) is 6.29 Å². The lowest BCUT2D eigenvalue weighted by Crippen LogP contribution is -2.04. The quantitative estimate of drug-likeness (QED) is 0.558. The molecule has 1 atom stereocenters. The Morgan fingerprint density at radius 2 is 1.88 bits per heavy atom. The maximum atomic E-state index is 8.33. The molecule has 0 amide bonds. The van der Waals surface area contributed by atoms with Crippen LogP contribution in [0, 0.1) is 0 Å². The van der Waals surface area contributed by atoms with E-state index < -0.39 is 6.29 Å². The van der Waals surface area contributed by atoms with E-state index in [9.17, 15) is 0 Å². The van der Waals surface area contributed by atoms with Crippen LogP contribution in [0.25, 0.3) is 0 Å². The highest BCUT2D eigenvalue weighted by Crippen LogP contribution is 1.78. The zero-order valence-electron chi connectivity index (χ0n) is 6.14. The topological polar surface area (TPSA) is 29.5 Å². The lowest BCUT2D eigenvalue weighted by Gasteiger charge is -1.99. The predicted molar refractivity (Wildman–Crippen MR) is 34.7 cm³/mol. The van der Waals surface area contributed by atoms with E-state index in [0.717, 1.165) is 0 Å². The van der Waals surface area contributed by atoms with Crippen molar-refractivity contribution in [1.82, 2.24) is 0 Å². The largest absolute Gasteiger partial charge is 0.368 e. The first kappa shape index (κ1) is 10.8. The molecule has 0 saturated heterocycles. The Morgan fingerprint density at radius 1 is 1.50 bits per heavy atom. The average Bonchev–Trinajstić information content (AvgIpc) is 1.72. The number of hydrogen-bond acceptors (Lipinski definition) is 2. The summed E-state index contributed by atoms with van der Waals surface area (Å²) < 4.78 is 4.60. The lowest BCUT2D eigenvalue weighted by molar-refractivity contribution is -0.0800. The molecule has 0 aromatic rings. The van der Waals surface area contributed by atoms with Crippen LogP contribution in [0.4, 0.5) is 0 Å². The summed E-state index contributed by atoms with van der Waals surface area (Å²) in [5.74, 6) is 0. The Labute approximate surface area is 51.5 Å². The van der Waals surface area contributed by atoms with E-state index >= 15 is 0 Å². The molecule has 1 N–H and O–H groups in total. The van der Waals surface area contributed by atoms with Gasteiger partial charge in [-0.15, -0.1) is 0 Å². The molecular weight excluding hydrogens is 104 g/mol. The van der Waals surface area contributed by atoms with Gasteiger partial charge in [0.2, 0.25) is 0 Å². The second-order valence-corrected chi connectivity index (χ2v) is 1.05. The third-order valence-electron chi connectivity index (χ3n) is 0.408. The standard InChI is InChI=1S/C4H10O2.C2H6/c1-3-6-4(2)5;1-2/h4-5H,3H2,1-2H3;1-2H3. The van der Waals surface area contributed by atoms with Gasteiger partial charge in [0.25, 0.3) is 0 Å². The number of rotatable bonds is 2. The van der Waals surface area contributed by atoms with E-state index in [2.05, 4.69) is 4.74 Å².